The van der Waals surface area contributed by atoms with Crippen LogP contribution in [0.5, 0.6) is 11.6 Å². The molecule has 0 radical (unpaired) electrons. The van der Waals surface area contributed by atoms with E-state index in [2.05, 4.69) is 16.3 Å². The maximum absolute atomic E-state index is 5.74. The van der Waals surface area contributed by atoms with Gasteiger partial charge in [-0.15, -0.1) is 10.2 Å². The number of fused-ring (bicyclic) bond motifs is 1. The van der Waals surface area contributed by atoms with Crippen LogP contribution in [0, 0.1) is 0 Å². The number of rotatable bonds is 2. The highest BCUT2D eigenvalue weighted by atomic mass is 35.5. The van der Waals surface area contributed by atoms with Crippen LogP contribution in [-0.4, -0.2) is 10.2 Å². The monoisotopic (exact) mass is 246 g/mol. The van der Waals surface area contributed by atoms with Gasteiger partial charge in [-0.3, -0.25) is 0 Å². The van der Waals surface area contributed by atoms with Crippen molar-refractivity contribution in [2.45, 2.75) is 19.3 Å². The minimum absolute atomic E-state index is 0.371. The van der Waals surface area contributed by atoms with Crippen LogP contribution >= 0.6 is 11.6 Å². The fraction of sp³-hybridized carbons (Fsp3) is 0.231. The zero-order valence-corrected chi connectivity index (χ0v) is 9.94. The first kappa shape index (κ1) is 10.5. The van der Waals surface area contributed by atoms with E-state index in [0.717, 1.165) is 18.6 Å². The third-order valence-corrected chi connectivity index (χ3v) is 3.13. The Morgan fingerprint density at radius 3 is 2.82 bits per heavy atom. The molecule has 17 heavy (non-hydrogen) atoms. The standard InChI is InChI=1S/C13H11ClN2O/c14-12-7-8-13(16-15-12)17-11-6-2-4-9-3-1-5-10(9)11/h2,4,6-8H,1,3,5H2. The lowest BCUT2D eigenvalue weighted by Gasteiger charge is -2.08. The van der Waals surface area contributed by atoms with Gasteiger partial charge in [0.1, 0.15) is 5.75 Å². The Morgan fingerprint density at radius 2 is 2.00 bits per heavy atom. The predicted molar refractivity (Wildman–Crippen MR) is 65.6 cm³/mol. The average molecular weight is 247 g/mol. The quantitative estimate of drug-likeness (QED) is 0.815. The highest BCUT2D eigenvalue weighted by molar-refractivity contribution is 6.29. The summed E-state index contributed by atoms with van der Waals surface area (Å²) < 4.78 is 5.74. The molecule has 0 bridgehead atoms. The van der Waals surface area contributed by atoms with Gasteiger partial charge in [-0.05, 0) is 42.5 Å². The van der Waals surface area contributed by atoms with Gasteiger partial charge in [-0.25, -0.2) is 0 Å². The van der Waals surface area contributed by atoms with Gasteiger partial charge < -0.3 is 4.74 Å². The van der Waals surface area contributed by atoms with Gasteiger partial charge in [0.2, 0.25) is 5.88 Å². The maximum Gasteiger partial charge on any atom is 0.238 e. The van der Waals surface area contributed by atoms with E-state index in [4.69, 9.17) is 16.3 Å². The number of aryl methyl sites for hydroxylation is 1. The maximum atomic E-state index is 5.74. The van der Waals surface area contributed by atoms with E-state index in [-0.39, 0.29) is 0 Å². The van der Waals surface area contributed by atoms with Crippen LogP contribution < -0.4 is 4.74 Å². The zero-order chi connectivity index (χ0) is 11.7. The molecule has 0 saturated heterocycles. The molecular formula is C13H11ClN2O. The lowest BCUT2D eigenvalue weighted by Crippen LogP contribution is -1.94. The minimum Gasteiger partial charge on any atom is -0.437 e. The Hall–Kier alpha value is -1.61. The van der Waals surface area contributed by atoms with E-state index < -0.39 is 0 Å². The Morgan fingerprint density at radius 1 is 1.06 bits per heavy atom. The summed E-state index contributed by atoms with van der Waals surface area (Å²) in [5, 5.41) is 8.03. The van der Waals surface area contributed by atoms with Crippen molar-refractivity contribution in [2.75, 3.05) is 0 Å². The molecule has 0 fully saturated rings. The van der Waals surface area contributed by atoms with Crippen molar-refractivity contribution in [1.82, 2.24) is 10.2 Å². The summed E-state index contributed by atoms with van der Waals surface area (Å²) in [4.78, 5) is 0. The predicted octanol–water partition coefficient (Wildman–Crippen LogP) is 3.41. The molecule has 1 aliphatic carbocycles. The van der Waals surface area contributed by atoms with Crippen LogP contribution in [0.3, 0.4) is 0 Å². The van der Waals surface area contributed by atoms with Crippen molar-refractivity contribution >= 4 is 11.6 Å². The second kappa shape index (κ2) is 4.34. The molecular weight excluding hydrogens is 236 g/mol. The normalized spacial score (nSPS) is 13.5. The van der Waals surface area contributed by atoms with Crippen molar-refractivity contribution < 1.29 is 4.74 Å². The first-order chi connectivity index (χ1) is 8.33. The number of nitrogens with zero attached hydrogens (tertiary/aromatic N) is 2. The van der Waals surface area contributed by atoms with Crippen molar-refractivity contribution in [2.24, 2.45) is 0 Å². The van der Waals surface area contributed by atoms with Crippen molar-refractivity contribution in [3.63, 3.8) is 0 Å². The number of hydrogen-bond donors (Lipinski definition) is 0. The molecule has 2 aromatic rings. The minimum atomic E-state index is 0.371. The van der Waals surface area contributed by atoms with Gasteiger partial charge in [0.25, 0.3) is 0 Å². The summed E-state index contributed by atoms with van der Waals surface area (Å²) >= 11 is 5.68. The van der Waals surface area contributed by atoms with Gasteiger partial charge in [0.15, 0.2) is 5.15 Å². The number of aromatic nitrogens is 2. The van der Waals surface area contributed by atoms with Crippen molar-refractivity contribution in [1.29, 1.82) is 0 Å². The molecule has 4 heteroatoms. The molecule has 0 aliphatic heterocycles. The second-order valence-corrected chi connectivity index (χ2v) is 4.43. The molecule has 3 rings (SSSR count). The van der Waals surface area contributed by atoms with Crippen LogP contribution in [0.1, 0.15) is 17.5 Å². The Kier molecular flexibility index (Phi) is 2.69. The molecule has 1 aromatic heterocycles. The number of halogens is 1. The molecule has 0 atom stereocenters. The summed E-state index contributed by atoms with van der Waals surface area (Å²) in [5.74, 6) is 1.37. The molecule has 1 aliphatic rings. The molecule has 0 saturated carbocycles. The van der Waals surface area contributed by atoms with E-state index >= 15 is 0 Å². The molecule has 3 nitrogen and oxygen atoms in total. The van der Waals surface area contributed by atoms with Gasteiger partial charge in [-0.1, -0.05) is 23.7 Å². The zero-order valence-electron chi connectivity index (χ0n) is 9.19. The Bertz CT molecular complexity index is 540. The molecule has 0 unspecified atom stereocenters. The summed E-state index contributed by atoms with van der Waals surface area (Å²) in [6.45, 7) is 0. The summed E-state index contributed by atoms with van der Waals surface area (Å²) in [6, 6.07) is 9.54. The lowest BCUT2D eigenvalue weighted by molar-refractivity contribution is 0.450. The Labute approximate surface area is 104 Å². The summed E-state index contributed by atoms with van der Waals surface area (Å²) in [7, 11) is 0. The van der Waals surface area contributed by atoms with Gasteiger partial charge in [0, 0.05) is 6.07 Å². The molecule has 0 N–H and O–H groups in total. The van der Waals surface area contributed by atoms with E-state index in [0.29, 0.717) is 11.0 Å². The first-order valence-corrected chi connectivity index (χ1v) is 5.98. The first-order valence-electron chi connectivity index (χ1n) is 5.61. The van der Waals surface area contributed by atoms with Crippen molar-refractivity contribution in [3.8, 4) is 11.6 Å². The SMILES string of the molecule is Clc1ccc(Oc2cccc3c2CCC3)nn1. The number of hydrogen-bond acceptors (Lipinski definition) is 3. The van der Waals surface area contributed by atoms with E-state index in [1.54, 1.807) is 12.1 Å². The lowest BCUT2D eigenvalue weighted by atomic mass is 10.1. The van der Waals surface area contributed by atoms with E-state index in [1.165, 1.54) is 17.5 Å². The van der Waals surface area contributed by atoms with Crippen LogP contribution in [0.25, 0.3) is 0 Å². The number of ether oxygens (including phenoxy) is 1. The number of benzene rings is 1. The molecule has 1 aromatic carbocycles. The fourth-order valence-corrected chi connectivity index (χ4v) is 2.25. The summed E-state index contributed by atoms with van der Waals surface area (Å²) in [5.41, 5.74) is 2.67. The van der Waals surface area contributed by atoms with Gasteiger partial charge >= 0.3 is 0 Å². The average Bonchev–Trinajstić information content (AvgIpc) is 2.81. The van der Waals surface area contributed by atoms with Crippen LogP contribution in [-0.2, 0) is 12.8 Å². The topological polar surface area (TPSA) is 35.0 Å². The fourth-order valence-electron chi connectivity index (χ4n) is 2.15. The highest BCUT2D eigenvalue weighted by Crippen LogP contribution is 2.32. The van der Waals surface area contributed by atoms with Crippen LogP contribution in [0.2, 0.25) is 5.15 Å². The second-order valence-electron chi connectivity index (χ2n) is 4.04. The highest BCUT2D eigenvalue weighted by Gasteiger charge is 2.15. The third kappa shape index (κ3) is 2.11. The van der Waals surface area contributed by atoms with Crippen molar-refractivity contribution in [3.05, 3.63) is 46.6 Å². The third-order valence-electron chi connectivity index (χ3n) is 2.93. The Balaban J connectivity index is 1.91. The van der Waals surface area contributed by atoms with E-state index in [1.807, 2.05) is 12.1 Å². The molecule has 1 heterocycles. The van der Waals surface area contributed by atoms with Crippen LogP contribution in [0.15, 0.2) is 30.3 Å². The largest absolute Gasteiger partial charge is 0.437 e. The smallest absolute Gasteiger partial charge is 0.238 e. The van der Waals surface area contributed by atoms with Crippen LogP contribution in [0.4, 0.5) is 0 Å². The molecule has 0 amide bonds. The molecule has 0 spiro atoms. The van der Waals surface area contributed by atoms with Gasteiger partial charge in [-0.2, -0.15) is 0 Å². The van der Waals surface area contributed by atoms with Gasteiger partial charge in [0.05, 0.1) is 0 Å². The van der Waals surface area contributed by atoms with E-state index in [9.17, 15) is 0 Å². The molecule has 86 valence electrons. The summed E-state index contributed by atoms with van der Waals surface area (Å²) in [6.07, 6.45) is 3.41.